The van der Waals surface area contributed by atoms with Crippen LogP contribution in [0.15, 0.2) is 82.2 Å². The van der Waals surface area contributed by atoms with Gasteiger partial charge in [-0.25, -0.2) is 4.98 Å². The largest absolute Gasteiger partial charge is 0.467 e. The van der Waals surface area contributed by atoms with Crippen LogP contribution in [-0.4, -0.2) is 20.4 Å². The zero-order chi connectivity index (χ0) is 25.3. The van der Waals surface area contributed by atoms with Crippen LogP contribution in [0, 0.1) is 0 Å². The van der Waals surface area contributed by atoms with Crippen LogP contribution in [0.5, 0.6) is 0 Å². The molecule has 4 rings (SSSR count). The second-order valence-corrected chi connectivity index (χ2v) is 9.31. The number of carbonyl (C=O) groups is 1. The molecule has 0 aliphatic rings. The maximum atomic E-state index is 13.6. The van der Waals surface area contributed by atoms with Gasteiger partial charge in [0, 0.05) is 6.42 Å². The molecule has 0 aliphatic heterocycles. The Labute approximate surface area is 212 Å². The highest BCUT2D eigenvalue weighted by molar-refractivity contribution is 5.78. The lowest BCUT2D eigenvalue weighted by Crippen LogP contribution is -2.37. The van der Waals surface area contributed by atoms with Gasteiger partial charge in [0.05, 0.1) is 36.3 Å². The van der Waals surface area contributed by atoms with Gasteiger partial charge >= 0.3 is 0 Å². The van der Waals surface area contributed by atoms with Crippen LogP contribution < -0.4 is 5.56 Å². The number of benzene rings is 2. The van der Waals surface area contributed by atoms with Crippen LogP contribution in [-0.2, 0) is 17.9 Å². The summed E-state index contributed by atoms with van der Waals surface area (Å²) in [6.45, 7) is 4.85. The first-order valence-electron chi connectivity index (χ1n) is 12.9. The Morgan fingerprint density at radius 1 is 0.972 bits per heavy atom. The highest BCUT2D eigenvalue weighted by atomic mass is 16.3. The van der Waals surface area contributed by atoms with E-state index in [4.69, 9.17) is 9.40 Å². The third-order valence-electron chi connectivity index (χ3n) is 6.64. The van der Waals surface area contributed by atoms with Gasteiger partial charge < -0.3 is 9.32 Å². The number of hydrogen-bond donors (Lipinski definition) is 0. The van der Waals surface area contributed by atoms with Gasteiger partial charge in [0.15, 0.2) is 0 Å². The van der Waals surface area contributed by atoms with E-state index in [0.29, 0.717) is 42.0 Å². The second kappa shape index (κ2) is 12.3. The fourth-order valence-corrected chi connectivity index (χ4v) is 4.60. The summed E-state index contributed by atoms with van der Waals surface area (Å²) in [5.41, 5.74) is 1.54. The first-order valence-corrected chi connectivity index (χ1v) is 12.9. The quantitative estimate of drug-likeness (QED) is 0.215. The van der Waals surface area contributed by atoms with E-state index in [9.17, 15) is 9.59 Å². The van der Waals surface area contributed by atoms with Gasteiger partial charge in [-0.3, -0.25) is 14.2 Å². The average Bonchev–Trinajstić information content (AvgIpc) is 3.42. The number of furan rings is 1. The molecule has 0 bridgehead atoms. The molecule has 1 amide bonds. The lowest BCUT2D eigenvalue weighted by molar-refractivity contribution is -0.134. The Hall–Kier alpha value is -3.67. The minimum atomic E-state index is -0.417. The third-order valence-corrected chi connectivity index (χ3v) is 6.64. The standard InChI is InChI=1S/C30H35N3O3/c1-3-4-5-6-10-19-28(34)32(22-25-16-13-20-36-25)23(2)29-31-27-18-12-11-17-26(27)30(35)33(29)21-24-14-8-7-9-15-24/h7-9,11-18,20,23H,3-6,10,19,21-22H2,1-2H3. The summed E-state index contributed by atoms with van der Waals surface area (Å²) in [7, 11) is 0. The molecule has 2 aromatic carbocycles. The molecular weight excluding hydrogens is 450 g/mol. The van der Waals surface area contributed by atoms with Gasteiger partial charge in [0.1, 0.15) is 11.6 Å². The van der Waals surface area contributed by atoms with Crippen LogP contribution in [0.2, 0.25) is 0 Å². The summed E-state index contributed by atoms with van der Waals surface area (Å²) >= 11 is 0. The van der Waals surface area contributed by atoms with Crippen LogP contribution >= 0.6 is 0 Å². The van der Waals surface area contributed by atoms with Gasteiger partial charge in [-0.1, -0.05) is 75.1 Å². The smallest absolute Gasteiger partial charge is 0.261 e. The van der Waals surface area contributed by atoms with Crippen molar-refractivity contribution >= 4 is 16.8 Å². The van der Waals surface area contributed by atoms with Crippen molar-refractivity contribution in [2.24, 2.45) is 0 Å². The topological polar surface area (TPSA) is 68.3 Å². The Bertz CT molecular complexity index is 1310. The fraction of sp³-hybridized carbons (Fsp3) is 0.367. The van der Waals surface area contributed by atoms with Gasteiger partial charge in [-0.2, -0.15) is 0 Å². The van der Waals surface area contributed by atoms with E-state index in [0.717, 1.165) is 24.8 Å². The molecule has 0 aliphatic carbocycles. The minimum Gasteiger partial charge on any atom is -0.467 e. The SMILES string of the molecule is CCCCCCCC(=O)N(Cc1ccco1)C(C)c1nc2ccccc2c(=O)n1Cc1ccccc1. The molecule has 1 unspecified atom stereocenters. The normalized spacial score (nSPS) is 12.1. The first kappa shape index (κ1) is 25.4. The molecular formula is C30H35N3O3. The van der Waals surface area contributed by atoms with E-state index in [1.165, 1.54) is 12.8 Å². The van der Waals surface area contributed by atoms with Crippen molar-refractivity contribution in [1.29, 1.82) is 0 Å². The molecule has 1 atom stereocenters. The highest BCUT2D eigenvalue weighted by Crippen LogP contribution is 2.25. The van der Waals surface area contributed by atoms with Crippen molar-refractivity contribution in [3.8, 4) is 0 Å². The molecule has 0 saturated heterocycles. The number of amides is 1. The molecule has 188 valence electrons. The van der Waals surface area contributed by atoms with E-state index in [1.807, 2.05) is 73.7 Å². The lowest BCUT2D eigenvalue weighted by Gasteiger charge is -2.30. The number of hydrogen-bond acceptors (Lipinski definition) is 4. The maximum absolute atomic E-state index is 13.6. The molecule has 0 saturated carbocycles. The summed E-state index contributed by atoms with van der Waals surface area (Å²) in [5, 5.41) is 0.573. The lowest BCUT2D eigenvalue weighted by atomic mass is 10.1. The van der Waals surface area contributed by atoms with Gasteiger partial charge in [-0.15, -0.1) is 0 Å². The van der Waals surface area contributed by atoms with Crippen LogP contribution in [0.3, 0.4) is 0 Å². The third kappa shape index (κ3) is 6.11. The Morgan fingerprint density at radius 2 is 1.72 bits per heavy atom. The van der Waals surface area contributed by atoms with E-state index in [2.05, 4.69) is 6.92 Å². The van der Waals surface area contributed by atoms with Crippen LogP contribution in [0.25, 0.3) is 10.9 Å². The monoisotopic (exact) mass is 485 g/mol. The molecule has 2 heterocycles. The van der Waals surface area contributed by atoms with Crippen molar-refractivity contribution in [1.82, 2.24) is 14.5 Å². The highest BCUT2D eigenvalue weighted by Gasteiger charge is 2.27. The Kier molecular flexibility index (Phi) is 8.71. The summed E-state index contributed by atoms with van der Waals surface area (Å²) in [5.74, 6) is 1.33. The molecule has 0 N–H and O–H groups in total. The number of rotatable bonds is 12. The number of nitrogens with zero attached hydrogens (tertiary/aromatic N) is 3. The van der Waals surface area contributed by atoms with Crippen molar-refractivity contribution in [3.05, 3.63) is 100 Å². The summed E-state index contributed by atoms with van der Waals surface area (Å²) in [6, 6.07) is 20.6. The van der Waals surface area contributed by atoms with E-state index >= 15 is 0 Å². The van der Waals surface area contributed by atoms with E-state index in [-0.39, 0.29) is 11.5 Å². The molecule has 6 heteroatoms. The van der Waals surface area contributed by atoms with Crippen LogP contribution in [0.1, 0.15) is 75.6 Å². The molecule has 2 aromatic heterocycles. The summed E-state index contributed by atoms with van der Waals surface area (Å²) in [4.78, 5) is 33.9. The maximum Gasteiger partial charge on any atom is 0.261 e. The first-order chi connectivity index (χ1) is 17.6. The van der Waals surface area contributed by atoms with E-state index in [1.54, 1.807) is 15.7 Å². The molecule has 36 heavy (non-hydrogen) atoms. The minimum absolute atomic E-state index is 0.0454. The van der Waals surface area contributed by atoms with Crippen molar-refractivity contribution in [2.75, 3.05) is 0 Å². The predicted molar refractivity (Wildman–Crippen MR) is 143 cm³/mol. The predicted octanol–water partition coefficient (Wildman–Crippen LogP) is 6.49. The van der Waals surface area contributed by atoms with Crippen molar-refractivity contribution in [2.45, 2.75) is 71.5 Å². The average molecular weight is 486 g/mol. The number of aromatic nitrogens is 2. The van der Waals surface area contributed by atoms with Gasteiger partial charge in [-0.05, 0) is 43.2 Å². The van der Waals surface area contributed by atoms with Gasteiger partial charge in [0.25, 0.3) is 5.56 Å². The molecule has 0 fully saturated rings. The molecule has 0 radical (unpaired) electrons. The van der Waals surface area contributed by atoms with Crippen molar-refractivity contribution in [3.63, 3.8) is 0 Å². The molecule has 4 aromatic rings. The molecule has 0 spiro atoms. The number of fused-ring (bicyclic) bond motifs is 1. The zero-order valence-electron chi connectivity index (χ0n) is 21.2. The fourth-order valence-electron chi connectivity index (χ4n) is 4.60. The number of para-hydroxylation sites is 1. The summed E-state index contributed by atoms with van der Waals surface area (Å²) in [6.07, 6.45) is 7.46. The second-order valence-electron chi connectivity index (χ2n) is 9.31. The van der Waals surface area contributed by atoms with Gasteiger partial charge in [0.2, 0.25) is 5.91 Å². The van der Waals surface area contributed by atoms with Crippen LogP contribution in [0.4, 0.5) is 0 Å². The molecule has 6 nitrogen and oxygen atoms in total. The van der Waals surface area contributed by atoms with E-state index < -0.39 is 6.04 Å². The number of unbranched alkanes of at least 4 members (excludes halogenated alkanes) is 4. The van der Waals surface area contributed by atoms with Crippen molar-refractivity contribution < 1.29 is 9.21 Å². The zero-order valence-corrected chi connectivity index (χ0v) is 21.2. The summed E-state index contributed by atoms with van der Waals surface area (Å²) < 4.78 is 7.31. The Morgan fingerprint density at radius 3 is 2.47 bits per heavy atom. The number of carbonyl (C=O) groups excluding carboxylic acids is 1. The Balaban J connectivity index is 1.71.